The van der Waals surface area contributed by atoms with Crippen molar-refractivity contribution in [2.45, 2.75) is 13.0 Å². The minimum absolute atomic E-state index is 0. The first kappa shape index (κ1) is 18.3. The fraction of sp³-hybridized carbons (Fsp3) is 0.130. The quantitative estimate of drug-likeness (QED) is 0.513. The summed E-state index contributed by atoms with van der Waals surface area (Å²) < 4.78 is 0. The third-order valence-electron chi connectivity index (χ3n) is 5.04. The van der Waals surface area contributed by atoms with Gasteiger partial charge in [0, 0.05) is 24.2 Å². The fourth-order valence-electron chi connectivity index (χ4n) is 3.68. The van der Waals surface area contributed by atoms with Crippen molar-refractivity contribution in [3.8, 4) is 0 Å². The summed E-state index contributed by atoms with van der Waals surface area (Å²) in [6.45, 7) is 1.84. The summed E-state index contributed by atoms with van der Waals surface area (Å²) in [7, 11) is 0. The van der Waals surface area contributed by atoms with Crippen LogP contribution in [-0.4, -0.2) is 16.5 Å². The number of nitrogens with zero attached hydrogens (tertiary/aromatic N) is 3. The highest BCUT2D eigenvalue weighted by molar-refractivity contribution is 5.91. The highest BCUT2D eigenvalue weighted by atomic mass is 35.5. The molecular weight excluding hydrogens is 368 g/mol. The summed E-state index contributed by atoms with van der Waals surface area (Å²) in [6.07, 6.45) is 1.04. The minimum Gasteiger partial charge on any atom is -0.351 e. The van der Waals surface area contributed by atoms with Crippen molar-refractivity contribution in [2.24, 2.45) is 0 Å². The van der Waals surface area contributed by atoms with E-state index in [1.54, 1.807) is 0 Å². The maximum atomic E-state index is 4.90. The van der Waals surface area contributed by atoms with Gasteiger partial charge in [0.2, 0.25) is 5.95 Å². The monoisotopic (exact) mass is 388 g/mol. The Bertz CT molecular complexity index is 1100. The van der Waals surface area contributed by atoms with Crippen LogP contribution in [0.5, 0.6) is 0 Å². The van der Waals surface area contributed by atoms with E-state index in [9.17, 15) is 0 Å². The van der Waals surface area contributed by atoms with E-state index in [1.807, 2.05) is 36.4 Å². The number of hydrogen-bond donors (Lipinski definition) is 1. The molecule has 0 spiro atoms. The molecule has 5 heteroatoms. The predicted molar refractivity (Wildman–Crippen MR) is 118 cm³/mol. The molecule has 0 fully saturated rings. The highest BCUT2D eigenvalue weighted by Gasteiger charge is 2.20. The third kappa shape index (κ3) is 3.51. The third-order valence-corrected chi connectivity index (χ3v) is 5.04. The van der Waals surface area contributed by atoms with E-state index in [1.165, 1.54) is 11.1 Å². The van der Waals surface area contributed by atoms with E-state index in [2.05, 4.69) is 52.7 Å². The van der Waals surface area contributed by atoms with Gasteiger partial charge in [-0.2, -0.15) is 4.98 Å². The number of aromatic nitrogens is 2. The summed E-state index contributed by atoms with van der Waals surface area (Å²) >= 11 is 0. The van der Waals surface area contributed by atoms with Crippen LogP contribution in [0.4, 0.5) is 17.5 Å². The van der Waals surface area contributed by atoms with Gasteiger partial charge in [0.1, 0.15) is 5.82 Å². The van der Waals surface area contributed by atoms with Gasteiger partial charge in [-0.3, -0.25) is 0 Å². The number of anilines is 3. The van der Waals surface area contributed by atoms with E-state index in [0.29, 0.717) is 5.95 Å². The van der Waals surface area contributed by atoms with Gasteiger partial charge in [-0.15, -0.1) is 12.4 Å². The molecule has 0 saturated carbocycles. The lowest BCUT2D eigenvalue weighted by Crippen LogP contribution is -2.31. The molecular formula is C23H21ClN4. The zero-order valence-corrected chi connectivity index (χ0v) is 16.2. The molecule has 140 valence electrons. The molecule has 4 aromatic rings. The molecule has 1 aromatic heterocycles. The smallest absolute Gasteiger partial charge is 0.229 e. The molecule has 1 aliphatic rings. The van der Waals surface area contributed by atoms with Crippen LogP contribution < -0.4 is 10.2 Å². The summed E-state index contributed by atoms with van der Waals surface area (Å²) in [5.74, 6) is 1.63. The van der Waals surface area contributed by atoms with Gasteiger partial charge in [0.15, 0.2) is 0 Å². The van der Waals surface area contributed by atoms with Crippen LogP contribution >= 0.6 is 12.4 Å². The zero-order valence-electron chi connectivity index (χ0n) is 15.4. The van der Waals surface area contributed by atoms with Crippen LogP contribution in [-0.2, 0) is 13.0 Å². The van der Waals surface area contributed by atoms with Crippen LogP contribution in [0.3, 0.4) is 0 Å². The molecule has 5 rings (SSSR count). The van der Waals surface area contributed by atoms with Gasteiger partial charge in [0.25, 0.3) is 0 Å². The van der Waals surface area contributed by atoms with E-state index in [0.717, 1.165) is 41.9 Å². The number of hydrogen-bond acceptors (Lipinski definition) is 4. The van der Waals surface area contributed by atoms with Gasteiger partial charge < -0.3 is 10.2 Å². The van der Waals surface area contributed by atoms with E-state index in [4.69, 9.17) is 9.97 Å². The van der Waals surface area contributed by atoms with Crippen molar-refractivity contribution in [1.82, 2.24) is 9.97 Å². The summed E-state index contributed by atoms with van der Waals surface area (Å²) in [5, 5.41) is 4.44. The van der Waals surface area contributed by atoms with Crippen molar-refractivity contribution >= 4 is 40.8 Å². The molecule has 1 N–H and O–H groups in total. The number of nitrogens with one attached hydrogen (secondary N) is 1. The molecule has 0 unspecified atom stereocenters. The first-order valence-corrected chi connectivity index (χ1v) is 9.27. The second kappa shape index (κ2) is 7.87. The van der Waals surface area contributed by atoms with Gasteiger partial charge in [-0.25, -0.2) is 4.98 Å². The summed E-state index contributed by atoms with van der Waals surface area (Å²) in [4.78, 5) is 12.0. The van der Waals surface area contributed by atoms with E-state index < -0.39 is 0 Å². The number of rotatable bonds is 3. The van der Waals surface area contributed by atoms with Crippen LogP contribution in [0, 0.1) is 0 Å². The Morgan fingerprint density at radius 2 is 1.46 bits per heavy atom. The maximum absolute atomic E-state index is 4.90. The van der Waals surface area contributed by atoms with Gasteiger partial charge in [0.05, 0.1) is 5.52 Å². The molecule has 0 atom stereocenters. The van der Waals surface area contributed by atoms with Crippen molar-refractivity contribution in [1.29, 1.82) is 0 Å². The van der Waals surface area contributed by atoms with Crippen molar-refractivity contribution < 1.29 is 0 Å². The topological polar surface area (TPSA) is 41.1 Å². The Balaban J connectivity index is 0.00000192. The first-order valence-electron chi connectivity index (χ1n) is 9.27. The van der Waals surface area contributed by atoms with Crippen molar-refractivity contribution in [2.75, 3.05) is 16.8 Å². The minimum atomic E-state index is 0. The van der Waals surface area contributed by atoms with Crippen LogP contribution in [0.15, 0.2) is 78.9 Å². The van der Waals surface area contributed by atoms with Gasteiger partial charge in [-0.05, 0) is 41.8 Å². The van der Waals surface area contributed by atoms with Crippen LogP contribution in [0.1, 0.15) is 11.1 Å². The molecule has 28 heavy (non-hydrogen) atoms. The Kier molecular flexibility index (Phi) is 5.13. The van der Waals surface area contributed by atoms with Crippen molar-refractivity contribution in [3.05, 3.63) is 90.0 Å². The van der Waals surface area contributed by atoms with E-state index >= 15 is 0 Å². The Labute approximate surface area is 170 Å². The lowest BCUT2D eigenvalue weighted by molar-refractivity contribution is 0.723. The normalized spacial score (nSPS) is 12.9. The lowest BCUT2D eigenvalue weighted by atomic mass is 10.00. The molecule has 0 amide bonds. The zero-order chi connectivity index (χ0) is 18.1. The predicted octanol–water partition coefficient (Wildman–Crippen LogP) is 5.36. The molecule has 0 bridgehead atoms. The number of halogens is 1. The second-order valence-electron chi connectivity index (χ2n) is 6.82. The largest absolute Gasteiger partial charge is 0.351 e. The average Bonchev–Trinajstić information content (AvgIpc) is 2.73. The molecule has 2 heterocycles. The number of para-hydroxylation sites is 2. The molecule has 3 aromatic carbocycles. The number of benzene rings is 3. The van der Waals surface area contributed by atoms with E-state index in [-0.39, 0.29) is 12.4 Å². The number of fused-ring (bicyclic) bond motifs is 2. The Hall–Kier alpha value is -3.11. The second-order valence-corrected chi connectivity index (χ2v) is 6.82. The standard InChI is InChI=1S/C23H20N4.ClH/c1-2-10-19(11-3-1)24-23-25-21-13-7-6-12-20(21)22(26-23)27-15-14-17-8-4-5-9-18(17)16-27;/h1-13H,14-16H2,(H,24,25,26);1H. The van der Waals surface area contributed by atoms with Gasteiger partial charge >= 0.3 is 0 Å². The van der Waals surface area contributed by atoms with Crippen LogP contribution in [0.2, 0.25) is 0 Å². The highest BCUT2D eigenvalue weighted by Crippen LogP contribution is 2.30. The average molecular weight is 389 g/mol. The van der Waals surface area contributed by atoms with Gasteiger partial charge in [-0.1, -0.05) is 54.6 Å². The molecule has 0 saturated heterocycles. The summed E-state index contributed by atoms with van der Waals surface area (Å²) in [5.41, 5.74) is 4.77. The molecule has 1 aliphatic heterocycles. The molecule has 0 aliphatic carbocycles. The summed E-state index contributed by atoms with van der Waals surface area (Å²) in [6, 6.07) is 27.0. The lowest BCUT2D eigenvalue weighted by Gasteiger charge is -2.30. The van der Waals surface area contributed by atoms with Crippen molar-refractivity contribution in [3.63, 3.8) is 0 Å². The fourth-order valence-corrected chi connectivity index (χ4v) is 3.68. The Morgan fingerprint density at radius 1 is 0.750 bits per heavy atom. The molecule has 0 radical (unpaired) electrons. The first-order chi connectivity index (χ1) is 13.4. The molecule has 4 nitrogen and oxygen atoms in total. The van der Waals surface area contributed by atoms with Crippen LogP contribution in [0.25, 0.3) is 10.9 Å². The maximum Gasteiger partial charge on any atom is 0.229 e. The Morgan fingerprint density at radius 3 is 2.32 bits per heavy atom. The SMILES string of the molecule is Cl.c1ccc(Nc2nc(N3CCc4ccccc4C3)c3ccccc3n2)cc1.